The van der Waals surface area contributed by atoms with Gasteiger partial charge in [0.2, 0.25) is 0 Å². The maximum atomic E-state index is 9.77. The first kappa shape index (κ1) is 15.4. The molecule has 3 heterocycles. The summed E-state index contributed by atoms with van der Waals surface area (Å²) in [6.07, 6.45) is 3.35. The molecule has 4 rings (SSSR count). The summed E-state index contributed by atoms with van der Waals surface area (Å²) >= 11 is 0. The Morgan fingerprint density at radius 2 is 2.04 bits per heavy atom. The molecule has 4 aromatic rings. The van der Waals surface area contributed by atoms with E-state index in [-0.39, 0.29) is 12.6 Å². The van der Waals surface area contributed by atoms with Gasteiger partial charge in [-0.25, -0.2) is 9.97 Å². The van der Waals surface area contributed by atoms with E-state index in [1.165, 1.54) is 6.33 Å². The molecular formula is C17H18N6O2. The van der Waals surface area contributed by atoms with Crippen molar-refractivity contribution in [2.75, 3.05) is 18.1 Å². The van der Waals surface area contributed by atoms with Crippen molar-refractivity contribution in [3.8, 4) is 11.1 Å². The number of anilines is 2. The molecule has 0 aliphatic rings. The van der Waals surface area contributed by atoms with Crippen LogP contribution in [0.5, 0.6) is 0 Å². The molecule has 0 spiro atoms. The van der Waals surface area contributed by atoms with Crippen LogP contribution in [0.25, 0.3) is 33.3 Å². The number of benzene rings is 1. The summed E-state index contributed by atoms with van der Waals surface area (Å²) in [7, 11) is 0. The quantitative estimate of drug-likeness (QED) is 0.522. The van der Waals surface area contributed by atoms with Gasteiger partial charge in [0.1, 0.15) is 23.3 Å². The van der Waals surface area contributed by atoms with Crippen molar-refractivity contribution in [2.45, 2.75) is 19.4 Å². The summed E-state index contributed by atoms with van der Waals surface area (Å²) in [6.45, 7) is 3.81. The van der Waals surface area contributed by atoms with Gasteiger partial charge in [-0.1, -0.05) is 6.07 Å². The number of nitrogens with two attached hydrogens (primary N) is 2. The maximum absolute atomic E-state index is 9.77. The van der Waals surface area contributed by atoms with Gasteiger partial charge in [-0.3, -0.25) is 0 Å². The van der Waals surface area contributed by atoms with Gasteiger partial charge in [-0.2, -0.15) is 4.98 Å². The number of aliphatic hydroxyl groups is 1. The van der Waals surface area contributed by atoms with Crippen LogP contribution >= 0.6 is 0 Å². The molecule has 8 heteroatoms. The van der Waals surface area contributed by atoms with Crippen molar-refractivity contribution in [3.63, 3.8) is 0 Å². The zero-order chi connectivity index (χ0) is 17.8. The SMILES string of the molecule is CC(C)(CO)n1cc(-c2ccc3oc(N)nc3c2)c2c(N)ncnc21. The van der Waals surface area contributed by atoms with Crippen LogP contribution in [0.4, 0.5) is 11.8 Å². The fourth-order valence-electron chi connectivity index (χ4n) is 2.95. The van der Waals surface area contributed by atoms with Gasteiger partial charge in [0.05, 0.1) is 17.5 Å². The van der Waals surface area contributed by atoms with E-state index in [0.717, 1.165) is 16.5 Å². The molecule has 0 radical (unpaired) electrons. The van der Waals surface area contributed by atoms with E-state index in [4.69, 9.17) is 15.9 Å². The number of aliphatic hydroxyl groups excluding tert-OH is 1. The first-order valence-corrected chi connectivity index (χ1v) is 7.80. The van der Waals surface area contributed by atoms with Gasteiger partial charge in [0, 0.05) is 11.8 Å². The number of nitrogen functional groups attached to an aromatic ring is 2. The highest BCUT2D eigenvalue weighted by molar-refractivity contribution is 6.01. The normalized spacial score (nSPS) is 12.3. The molecule has 0 saturated carbocycles. The highest BCUT2D eigenvalue weighted by atomic mass is 16.4. The first-order chi connectivity index (χ1) is 11.9. The van der Waals surface area contributed by atoms with Crippen LogP contribution in [0.2, 0.25) is 0 Å². The minimum atomic E-state index is -0.542. The lowest BCUT2D eigenvalue weighted by Gasteiger charge is -2.24. The molecule has 0 aliphatic heterocycles. The van der Waals surface area contributed by atoms with Crippen molar-refractivity contribution in [2.24, 2.45) is 0 Å². The third-order valence-electron chi connectivity index (χ3n) is 4.37. The Labute approximate surface area is 143 Å². The lowest BCUT2D eigenvalue weighted by Crippen LogP contribution is -2.29. The van der Waals surface area contributed by atoms with Crippen LogP contribution in [0.15, 0.2) is 35.1 Å². The fraction of sp³-hybridized carbons (Fsp3) is 0.235. The van der Waals surface area contributed by atoms with Gasteiger partial charge in [0.15, 0.2) is 5.58 Å². The van der Waals surface area contributed by atoms with E-state index in [1.807, 2.05) is 42.8 Å². The van der Waals surface area contributed by atoms with Crippen molar-refractivity contribution in [3.05, 3.63) is 30.7 Å². The summed E-state index contributed by atoms with van der Waals surface area (Å²) in [5, 5.41) is 10.5. The average Bonchev–Trinajstić information content (AvgIpc) is 3.15. The minimum absolute atomic E-state index is 0.0427. The largest absolute Gasteiger partial charge is 0.424 e. The third kappa shape index (κ3) is 2.30. The van der Waals surface area contributed by atoms with Gasteiger partial charge in [0.25, 0.3) is 6.01 Å². The van der Waals surface area contributed by atoms with E-state index in [0.29, 0.717) is 22.6 Å². The van der Waals surface area contributed by atoms with Crippen LogP contribution in [0, 0.1) is 0 Å². The van der Waals surface area contributed by atoms with Crippen LogP contribution in [-0.2, 0) is 5.54 Å². The second-order valence-electron chi connectivity index (χ2n) is 6.58. The second-order valence-corrected chi connectivity index (χ2v) is 6.58. The van der Waals surface area contributed by atoms with E-state index in [9.17, 15) is 5.11 Å². The van der Waals surface area contributed by atoms with E-state index < -0.39 is 5.54 Å². The number of aromatic nitrogens is 4. The Morgan fingerprint density at radius 1 is 1.24 bits per heavy atom. The monoisotopic (exact) mass is 338 g/mol. The molecule has 128 valence electrons. The number of oxazole rings is 1. The van der Waals surface area contributed by atoms with Crippen molar-refractivity contribution in [1.29, 1.82) is 0 Å². The highest BCUT2D eigenvalue weighted by Gasteiger charge is 2.25. The van der Waals surface area contributed by atoms with Gasteiger partial charge < -0.3 is 25.6 Å². The topological polar surface area (TPSA) is 129 Å². The zero-order valence-corrected chi connectivity index (χ0v) is 13.9. The van der Waals surface area contributed by atoms with E-state index >= 15 is 0 Å². The average molecular weight is 338 g/mol. The highest BCUT2D eigenvalue weighted by Crippen LogP contribution is 2.36. The molecule has 0 bridgehead atoms. The molecule has 0 saturated heterocycles. The molecule has 5 N–H and O–H groups in total. The second kappa shape index (κ2) is 5.18. The molecule has 0 amide bonds. The lowest BCUT2D eigenvalue weighted by molar-refractivity contribution is 0.168. The molecule has 25 heavy (non-hydrogen) atoms. The molecule has 3 aromatic heterocycles. The Morgan fingerprint density at radius 3 is 2.80 bits per heavy atom. The van der Waals surface area contributed by atoms with Gasteiger partial charge in [-0.05, 0) is 31.5 Å². The van der Waals surface area contributed by atoms with Crippen molar-refractivity contribution < 1.29 is 9.52 Å². The molecule has 0 fully saturated rings. The molecular weight excluding hydrogens is 320 g/mol. The molecule has 0 aliphatic carbocycles. The van der Waals surface area contributed by atoms with Crippen LogP contribution in [-0.4, -0.2) is 31.2 Å². The summed E-state index contributed by atoms with van der Waals surface area (Å²) in [4.78, 5) is 12.7. The van der Waals surface area contributed by atoms with Crippen LogP contribution in [0.1, 0.15) is 13.8 Å². The van der Waals surface area contributed by atoms with E-state index in [1.54, 1.807) is 0 Å². The summed E-state index contributed by atoms with van der Waals surface area (Å²) < 4.78 is 7.24. The number of hydrogen-bond acceptors (Lipinski definition) is 7. The predicted molar refractivity (Wildman–Crippen MR) is 95.8 cm³/mol. The maximum Gasteiger partial charge on any atom is 0.292 e. The molecule has 8 nitrogen and oxygen atoms in total. The van der Waals surface area contributed by atoms with Crippen LogP contribution < -0.4 is 11.5 Å². The smallest absolute Gasteiger partial charge is 0.292 e. The first-order valence-electron chi connectivity index (χ1n) is 7.80. The van der Waals surface area contributed by atoms with Crippen LogP contribution in [0.3, 0.4) is 0 Å². The lowest BCUT2D eigenvalue weighted by atomic mass is 10.1. The Balaban J connectivity index is 2.03. The minimum Gasteiger partial charge on any atom is -0.424 e. The summed E-state index contributed by atoms with van der Waals surface area (Å²) in [5.74, 6) is 0.382. The Hall–Kier alpha value is -3.13. The number of rotatable bonds is 3. The summed E-state index contributed by atoms with van der Waals surface area (Å²) in [6, 6.07) is 5.73. The van der Waals surface area contributed by atoms with E-state index in [2.05, 4.69) is 15.0 Å². The summed E-state index contributed by atoms with van der Waals surface area (Å²) in [5.41, 5.74) is 14.9. The fourth-order valence-corrected chi connectivity index (χ4v) is 2.95. The van der Waals surface area contributed by atoms with Crippen molar-refractivity contribution >= 4 is 34.0 Å². The number of fused-ring (bicyclic) bond motifs is 2. The number of nitrogens with zero attached hydrogens (tertiary/aromatic N) is 4. The molecule has 0 atom stereocenters. The third-order valence-corrected chi connectivity index (χ3v) is 4.37. The zero-order valence-electron chi connectivity index (χ0n) is 13.9. The van der Waals surface area contributed by atoms with Gasteiger partial charge in [-0.15, -0.1) is 0 Å². The van der Waals surface area contributed by atoms with Crippen molar-refractivity contribution in [1.82, 2.24) is 19.5 Å². The number of hydrogen-bond donors (Lipinski definition) is 3. The predicted octanol–water partition coefficient (Wildman–Crippen LogP) is 2.13. The Bertz CT molecular complexity index is 1100. The molecule has 0 unspecified atom stereocenters. The van der Waals surface area contributed by atoms with Gasteiger partial charge >= 0.3 is 0 Å². The standard InChI is InChI=1S/C17H18N6O2/c1-17(2,7-24)23-6-10(13-14(18)20-8-21-15(13)23)9-3-4-12-11(5-9)22-16(19)25-12/h3-6,8,24H,7H2,1-2H3,(H2,19,22)(H2,18,20,21). The molecule has 1 aromatic carbocycles. The Kier molecular flexibility index (Phi) is 3.19.